The molecule has 1 amide bonds. The van der Waals surface area contributed by atoms with Gasteiger partial charge in [0.25, 0.3) is 5.91 Å². The maximum absolute atomic E-state index is 12.6. The van der Waals surface area contributed by atoms with Crippen LogP contribution in [0.3, 0.4) is 0 Å². The van der Waals surface area contributed by atoms with Crippen LogP contribution in [-0.2, 0) is 9.53 Å². The topological polar surface area (TPSA) is 83.9 Å². The number of pyridine rings is 1. The van der Waals surface area contributed by atoms with Crippen molar-refractivity contribution in [2.24, 2.45) is 0 Å². The number of nitrogens with one attached hydrogen (secondary N) is 2. The summed E-state index contributed by atoms with van der Waals surface area (Å²) in [6, 6.07) is 33.7. The van der Waals surface area contributed by atoms with Crippen molar-refractivity contribution in [1.29, 1.82) is 0 Å². The van der Waals surface area contributed by atoms with Crippen molar-refractivity contribution in [2.45, 2.75) is 25.9 Å². The summed E-state index contributed by atoms with van der Waals surface area (Å²) in [5.74, 6) is 0.416. The maximum Gasteiger partial charge on any atom is 0.262 e. The third kappa shape index (κ3) is 6.49. The lowest BCUT2D eigenvalue weighted by Gasteiger charge is -2.29. The first kappa shape index (κ1) is 31.4. The highest BCUT2D eigenvalue weighted by Crippen LogP contribution is 2.44. The zero-order valence-corrected chi connectivity index (χ0v) is 27.8. The van der Waals surface area contributed by atoms with Gasteiger partial charge in [-0.05, 0) is 110 Å². The van der Waals surface area contributed by atoms with Crippen LogP contribution in [0.5, 0.6) is 5.75 Å². The van der Waals surface area contributed by atoms with Gasteiger partial charge in [-0.3, -0.25) is 9.78 Å². The number of morpholine rings is 1. The van der Waals surface area contributed by atoms with Gasteiger partial charge >= 0.3 is 0 Å². The molecule has 10 heteroatoms. The number of thiocarbonyl (C=S) groups is 1. The van der Waals surface area contributed by atoms with Gasteiger partial charge in [-0.15, -0.1) is 0 Å². The van der Waals surface area contributed by atoms with Crippen LogP contribution in [0.4, 0.5) is 17.1 Å². The summed E-state index contributed by atoms with van der Waals surface area (Å²) in [5, 5.41) is 7.11. The van der Waals surface area contributed by atoms with E-state index in [1.807, 2.05) is 79.0 Å². The summed E-state index contributed by atoms with van der Waals surface area (Å²) >= 11 is 5.99. The highest BCUT2D eigenvalue weighted by Gasteiger charge is 2.42. The number of carbonyl (C=O) groups excluding carboxylic acids is 1. The minimum Gasteiger partial charge on any atom is -0.484 e. The summed E-state index contributed by atoms with van der Waals surface area (Å²) in [7, 11) is 0. The van der Waals surface area contributed by atoms with E-state index in [1.165, 1.54) is 5.69 Å². The van der Waals surface area contributed by atoms with Crippen LogP contribution in [0.1, 0.15) is 34.7 Å². The zero-order valence-electron chi connectivity index (χ0n) is 27.0. The SMILES string of the molecule is Cc1cc([C@H]2[C@@H](c3ccccn3)NC(=S)N2c2ccc(NC(=O)COc3ccccc3)cc2)c(C)n1-c1ccc(N2CCOCC2)cc1. The van der Waals surface area contributed by atoms with Gasteiger partial charge in [0.2, 0.25) is 0 Å². The molecule has 2 fully saturated rings. The Bertz CT molecular complexity index is 1870. The first-order valence-electron chi connectivity index (χ1n) is 16.2. The lowest BCUT2D eigenvalue weighted by Crippen LogP contribution is -2.36. The molecule has 5 aromatic rings. The Labute approximate surface area is 286 Å². The summed E-state index contributed by atoms with van der Waals surface area (Å²) in [4.78, 5) is 21.9. The number of hydrogen-bond acceptors (Lipinski definition) is 6. The molecule has 2 saturated heterocycles. The fraction of sp³-hybridized carbons (Fsp3) is 0.237. The summed E-state index contributed by atoms with van der Waals surface area (Å²) in [6.07, 6.45) is 1.82. The lowest BCUT2D eigenvalue weighted by atomic mass is 9.96. The van der Waals surface area contributed by atoms with E-state index in [0.717, 1.165) is 60.3 Å². The van der Waals surface area contributed by atoms with E-state index in [9.17, 15) is 4.79 Å². The molecule has 7 rings (SSSR count). The number of carbonyl (C=O) groups is 1. The monoisotopic (exact) mass is 658 g/mol. The molecule has 2 N–H and O–H groups in total. The van der Waals surface area contributed by atoms with E-state index in [4.69, 9.17) is 26.7 Å². The minimum absolute atomic E-state index is 0.0781. The standard InChI is InChI=1S/C38H38N6O3S/c1-26-24-33(27(2)43(26)30-17-15-29(16-18-30)42-20-22-46-23-21-42)37-36(34-10-6-7-19-39-34)41-38(48)44(37)31-13-11-28(12-14-31)40-35(45)25-47-32-8-4-3-5-9-32/h3-19,24,36-37H,20-23,25H2,1-2H3,(H,40,45)(H,41,48)/t36-,37+/m1/s1. The lowest BCUT2D eigenvalue weighted by molar-refractivity contribution is -0.118. The first-order chi connectivity index (χ1) is 23.5. The normalized spacial score (nSPS) is 17.7. The van der Waals surface area contributed by atoms with Gasteiger partial charge in [-0.1, -0.05) is 24.3 Å². The average Bonchev–Trinajstić information content (AvgIpc) is 3.63. The number of nitrogens with zero attached hydrogens (tertiary/aromatic N) is 4. The minimum atomic E-state index is -0.233. The predicted molar refractivity (Wildman–Crippen MR) is 193 cm³/mol. The number of aryl methyl sites for hydroxylation is 1. The molecule has 2 atom stereocenters. The molecular formula is C38H38N6O3S. The van der Waals surface area contributed by atoms with E-state index in [0.29, 0.717) is 16.5 Å². The molecule has 0 aliphatic carbocycles. The Balaban J connectivity index is 1.17. The van der Waals surface area contributed by atoms with Gasteiger partial charge < -0.3 is 34.5 Å². The Morgan fingerprint density at radius 3 is 2.31 bits per heavy atom. The van der Waals surface area contributed by atoms with Gasteiger partial charge in [-0.2, -0.15) is 0 Å². The molecule has 0 saturated carbocycles. The fourth-order valence-electron chi connectivity index (χ4n) is 6.64. The van der Waals surface area contributed by atoms with Gasteiger partial charge in [0.1, 0.15) is 5.75 Å². The number of amides is 1. The summed E-state index contributed by atoms with van der Waals surface area (Å²) < 4.78 is 13.5. The molecule has 0 radical (unpaired) electrons. The van der Waals surface area contributed by atoms with Gasteiger partial charge in [0.15, 0.2) is 11.7 Å². The molecular weight excluding hydrogens is 621 g/mol. The molecule has 4 heterocycles. The van der Waals surface area contributed by atoms with E-state index >= 15 is 0 Å². The van der Waals surface area contributed by atoms with Crippen molar-refractivity contribution in [1.82, 2.24) is 14.9 Å². The Hall–Kier alpha value is -5.19. The van der Waals surface area contributed by atoms with Crippen LogP contribution < -0.4 is 25.2 Å². The largest absolute Gasteiger partial charge is 0.484 e. The number of para-hydroxylation sites is 1. The van der Waals surface area contributed by atoms with E-state index < -0.39 is 0 Å². The molecule has 48 heavy (non-hydrogen) atoms. The number of anilines is 3. The van der Waals surface area contributed by atoms with Crippen LogP contribution in [0.15, 0.2) is 109 Å². The van der Waals surface area contributed by atoms with E-state index in [2.05, 4.69) is 69.2 Å². The van der Waals surface area contributed by atoms with E-state index in [-0.39, 0.29) is 24.6 Å². The molecule has 244 valence electrons. The third-order valence-electron chi connectivity index (χ3n) is 8.91. The molecule has 3 aromatic carbocycles. The number of benzene rings is 3. The van der Waals surface area contributed by atoms with Crippen LogP contribution in [0.2, 0.25) is 0 Å². The quantitative estimate of drug-likeness (QED) is 0.173. The number of rotatable bonds is 9. The number of hydrogen-bond donors (Lipinski definition) is 2. The van der Waals surface area contributed by atoms with Crippen molar-refractivity contribution in [3.05, 3.63) is 132 Å². The molecule has 0 spiro atoms. The molecule has 0 unspecified atom stereocenters. The van der Waals surface area contributed by atoms with Crippen LogP contribution in [0.25, 0.3) is 5.69 Å². The van der Waals surface area contributed by atoms with Crippen LogP contribution in [0, 0.1) is 13.8 Å². The Kier molecular flexibility index (Phi) is 9.09. The number of aromatic nitrogens is 2. The molecule has 2 aliphatic rings. The smallest absolute Gasteiger partial charge is 0.262 e. The van der Waals surface area contributed by atoms with Crippen molar-refractivity contribution >= 4 is 40.3 Å². The molecule has 2 aliphatic heterocycles. The van der Waals surface area contributed by atoms with Crippen molar-refractivity contribution in [2.75, 3.05) is 48.0 Å². The average molecular weight is 659 g/mol. The second-order valence-corrected chi connectivity index (χ2v) is 12.4. The van der Waals surface area contributed by atoms with Crippen LogP contribution >= 0.6 is 12.2 Å². The van der Waals surface area contributed by atoms with Crippen LogP contribution in [-0.4, -0.2) is 53.5 Å². The van der Waals surface area contributed by atoms with Crippen molar-refractivity contribution in [3.8, 4) is 11.4 Å². The summed E-state index contributed by atoms with van der Waals surface area (Å²) in [5.41, 5.74) is 8.24. The third-order valence-corrected chi connectivity index (χ3v) is 9.23. The molecule has 2 aromatic heterocycles. The highest BCUT2D eigenvalue weighted by molar-refractivity contribution is 7.80. The predicted octanol–water partition coefficient (Wildman–Crippen LogP) is 6.52. The Morgan fingerprint density at radius 2 is 1.60 bits per heavy atom. The van der Waals surface area contributed by atoms with Crippen molar-refractivity contribution in [3.63, 3.8) is 0 Å². The van der Waals surface area contributed by atoms with Gasteiger partial charge in [-0.25, -0.2) is 0 Å². The zero-order chi connectivity index (χ0) is 33.0. The Morgan fingerprint density at radius 1 is 0.917 bits per heavy atom. The van der Waals surface area contributed by atoms with Crippen molar-refractivity contribution < 1.29 is 14.3 Å². The maximum atomic E-state index is 12.6. The first-order valence-corrected chi connectivity index (χ1v) is 16.6. The summed E-state index contributed by atoms with van der Waals surface area (Å²) in [6.45, 7) is 7.56. The highest BCUT2D eigenvalue weighted by atomic mass is 32.1. The number of ether oxygens (including phenoxy) is 2. The second kappa shape index (κ2) is 13.9. The van der Waals surface area contributed by atoms with E-state index in [1.54, 1.807) is 0 Å². The second-order valence-electron chi connectivity index (χ2n) is 12.0. The fourth-order valence-corrected chi connectivity index (χ4v) is 6.98. The molecule has 0 bridgehead atoms. The van der Waals surface area contributed by atoms with Gasteiger partial charge in [0, 0.05) is 53.4 Å². The van der Waals surface area contributed by atoms with Gasteiger partial charge in [0.05, 0.1) is 31.0 Å². The molecule has 9 nitrogen and oxygen atoms in total.